The van der Waals surface area contributed by atoms with Crippen molar-refractivity contribution in [3.8, 4) is 0 Å². The first-order valence-corrected chi connectivity index (χ1v) is 5.90. The first kappa shape index (κ1) is 13.7. The molecule has 0 saturated heterocycles. The lowest BCUT2D eigenvalue weighted by molar-refractivity contribution is 0.198. The number of benzene rings is 1. The van der Waals surface area contributed by atoms with Gasteiger partial charge in [0, 0.05) is 32.0 Å². The molecular weight excluding hydrogens is 234 g/mol. The molecule has 0 unspecified atom stereocenters. The minimum Gasteiger partial charge on any atom is -0.392 e. The van der Waals surface area contributed by atoms with Gasteiger partial charge in [0.25, 0.3) is 0 Å². The summed E-state index contributed by atoms with van der Waals surface area (Å²) in [5.74, 6) is 0. The van der Waals surface area contributed by atoms with E-state index in [1.165, 1.54) is 0 Å². The fourth-order valence-corrected chi connectivity index (χ4v) is 1.46. The standard InChI is InChI=1S/C12H19N3OS/c1-9(16)8-13-12(17)14-10-4-6-11(7-5-10)15(2)3/h4-7,9,16H,8H2,1-3H3,(H2,13,14,17)/t9-/m0/s1. The molecule has 0 spiro atoms. The molecule has 1 aromatic rings. The van der Waals surface area contributed by atoms with Gasteiger partial charge in [-0.05, 0) is 43.4 Å². The molecule has 1 aromatic carbocycles. The van der Waals surface area contributed by atoms with E-state index in [1.54, 1.807) is 6.92 Å². The van der Waals surface area contributed by atoms with Gasteiger partial charge in [-0.15, -0.1) is 0 Å². The van der Waals surface area contributed by atoms with Crippen molar-refractivity contribution in [3.63, 3.8) is 0 Å². The molecule has 0 aromatic heterocycles. The molecule has 94 valence electrons. The van der Waals surface area contributed by atoms with Crippen LogP contribution in [0.4, 0.5) is 11.4 Å². The van der Waals surface area contributed by atoms with Gasteiger partial charge in [0.2, 0.25) is 0 Å². The summed E-state index contributed by atoms with van der Waals surface area (Å²) in [5, 5.41) is 15.6. The molecule has 0 heterocycles. The molecule has 0 aliphatic heterocycles. The van der Waals surface area contributed by atoms with Crippen molar-refractivity contribution >= 4 is 28.7 Å². The summed E-state index contributed by atoms with van der Waals surface area (Å²) in [5.41, 5.74) is 2.07. The molecule has 0 bridgehead atoms. The Morgan fingerprint density at radius 3 is 2.41 bits per heavy atom. The van der Waals surface area contributed by atoms with Gasteiger partial charge in [-0.25, -0.2) is 0 Å². The van der Waals surface area contributed by atoms with E-state index in [2.05, 4.69) is 10.6 Å². The average Bonchev–Trinajstić information content (AvgIpc) is 2.27. The van der Waals surface area contributed by atoms with Crippen LogP contribution >= 0.6 is 12.2 Å². The van der Waals surface area contributed by atoms with Gasteiger partial charge < -0.3 is 20.6 Å². The Kier molecular flexibility index (Phi) is 5.18. The van der Waals surface area contributed by atoms with Crippen LogP contribution in [0, 0.1) is 0 Å². The van der Waals surface area contributed by atoms with Gasteiger partial charge in [0.1, 0.15) is 0 Å². The molecular formula is C12H19N3OS. The summed E-state index contributed by atoms with van der Waals surface area (Å²) in [4.78, 5) is 2.04. The van der Waals surface area contributed by atoms with E-state index in [0.29, 0.717) is 11.7 Å². The fourth-order valence-electron chi connectivity index (χ4n) is 1.26. The van der Waals surface area contributed by atoms with E-state index in [-0.39, 0.29) is 0 Å². The highest BCUT2D eigenvalue weighted by atomic mass is 32.1. The number of anilines is 2. The highest BCUT2D eigenvalue weighted by Gasteiger charge is 2.00. The maximum Gasteiger partial charge on any atom is 0.170 e. The number of thiocarbonyl (C=S) groups is 1. The Bertz CT molecular complexity index is 363. The Balaban J connectivity index is 2.48. The number of hydrogen-bond donors (Lipinski definition) is 3. The van der Waals surface area contributed by atoms with Crippen molar-refractivity contribution in [1.29, 1.82) is 0 Å². The van der Waals surface area contributed by atoms with Crippen molar-refractivity contribution in [2.75, 3.05) is 30.9 Å². The van der Waals surface area contributed by atoms with Crippen molar-refractivity contribution in [3.05, 3.63) is 24.3 Å². The minimum atomic E-state index is -0.411. The number of rotatable bonds is 4. The predicted octanol–water partition coefficient (Wildman–Crippen LogP) is 1.42. The van der Waals surface area contributed by atoms with Crippen molar-refractivity contribution in [2.45, 2.75) is 13.0 Å². The van der Waals surface area contributed by atoms with E-state index < -0.39 is 6.10 Å². The van der Waals surface area contributed by atoms with Crippen molar-refractivity contribution in [2.24, 2.45) is 0 Å². The molecule has 1 rings (SSSR count). The Morgan fingerprint density at radius 1 is 1.35 bits per heavy atom. The van der Waals surface area contributed by atoms with Gasteiger partial charge >= 0.3 is 0 Å². The third-order valence-electron chi connectivity index (χ3n) is 2.20. The molecule has 5 heteroatoms. The zero-order chi connectivity index (χ0) is 12.8. The maximum absolute atomic E-state index is 9.11. The lowest BCUT2D eigenvalue weighted by atomic mass is 10.2. The number of hydrogen-bond acceptors (Lipinski definition) is 3. The van der Waals surface area contributed by atoms with Crippen LogP contribution in [-0.4, -0.2) is 37.0 Å². The number of aliphatic hydroxyl groups is 1. The number of nitrogens with zero attached hydrogens (tertiary/aromatic N) is 1. The second kappa shape index (κ2) is 6.42. The van der Waals surface area contributed by atoms with E-state index in [4.69, 9.17) is 17.3 Å². The molecule has 0 aliphatic rings. The van der Waals surface area contributed by atoms with E-state index in [0.717, 1.165) is 11.4 Å². The van der Waals surface area contributed by atoms with E-state index >= 15 is 0 Å². The number of nitrogens with one attached hydrogen (secondary N) is 2. The van der Waals surface area contributed by atoms with Crippen LogP contribution in [0.2, 0.25) is 0 Å². The third kappa shape index (κ3) is 5.01. The maximum atomic E-state index is 9.11. The van der Waals surface area contributed by atoms with Gasteiger partial charge in [-0.3, -0.25) is 0 Å². The molecule has 1 atom stereocenters. The van der Waals surface area contributed by atoms with Crippen LogP contribution in [0.25, 0.3) is 0 Å². The fraction of sp³-hybridized carbons (Fsp3) is 0.417. The van der Waals surface area contributed by atoms with Crippen LogP contribution in [-0.2, 0) is 0 Å². The van der Waals surface area contributed by atoms with Crippen molar-refractivity contribution < 1.29 is 5.11 Å². The summed E-state index contributed by atoms with van der Waals surface area (Å²) in [6.07, 6.45) is -0.411. The molecule has 4 nitrogen and oxygen atoms in total. The molecule has 0 aliphatic carbocycles. The molecule has 0 saturated carbocycles. The van der Waals surface area contributed by atoms with Crippen LogP contribution in [0.15, 0.2) is 24.3 Å². The summed E-state index contributed by atoms with van der Waals surface area (Å²) in [6, 6.07) is 7.95. The molecule has 0 radical (unpaired) electrons. The summed E-state index contributed by atoms with van der Waals surface area (Å²) in [7, 11) is 3.99. The average molecular weight is 253 g/mol. The smallest absolute Gasteiger partial charge is 0.170 e. The van der Waals surface area contributed by atoms with Gasteiger partial charge in [0.15, 0.2) is 5.11 Å². The quantitative estimate of drug-likeness (QED) is 0.709. The van der Waals surface area contributed by atoms with Crippen LogP contribution in [0.1, 0.15) is 6.92 Å². The van der Waals surface area contributed by atoms with Gasteiger partial charge in [0.05, 0.1) is 6.10 Å². The van der Waals surface area contributed by atoms with Gasteiger partial charge in [-0.2, -0.15) is 0 Å². The first-order chi connectivity index (χ1) is 7.99. The minimum absolute atomic E-state index is 0.411. The van der Waals surface area contributed by atoms with Crippen LogP contribution < -0.4 is 15.5 Å². The Hall–Kier alpha value is -1.33. The zero-order valence-corrected chi connectivity index (χ0v) is 11.2. The lowest BCUT2D eigenvalue weighted by Crippen LogP contribution is -2.33. The third-order valence-corrected chi connectivity index (χ3v) is 2.45. The first-order valence-electron chi connectivity index (χ1n) is 5.49. The molecule has 0 amide bonds. The summed E-state index contributed by atoms with van der Waals surface area (Å²) in [6.45, 7) is 2.16. The lowest BCUT2D eigenvalue weighted by Gasteiger charge is -2.14. The van der Waals surface area contributed by atoms with Crippen LogP contribution in [0.3, 0.4) is 0 Å². The Morgan fingerprint density at radius 2 is 1.94 bits per heavy atom. The molecule has 3 N–H and O–H groups in total. The number of aliphatic hydroxyl groups excluding tert-OH is 1. The second-order valence-electron chi connectivity index (χ2n) is 4.13. The van der Waals surface area contributed by atoms with Gasteiger partial charge in [-0.1, -0.05) is 0 Å². The molecule has 17 heavy (non-hydrogen) atoms. The highest BCUT2D eigenvalue weighted by molar-refractivity contribution is 7.80. The SMILES string of the molecule is C[C@H](O)CNC(=S)Nc1ccc(N(C)C)cc1. The molecule has 0 fully saturated rings. The summed E-state index contributed by atoms with van der Waals surface area (Å²) < 4.78 is 0. The normalized spacial score (nSPS) is 11.8. The highest BCUT2D eigenvalue weighted by Crippen LogP contribution is 2.15. The van der Waals surface area contributed by atoms with E-state index in [1.807, 2.05) is 43.3 Å². The topological polar surface area (TPSA) is 47.5 Å². The monoisotopic (exact) mass is 253 g/mol. The second-order valence-corrected chi connectivity index (χ2v) is 4.53. The van der Waals surface area contributed by atoms with Crippen molar-refractivity contribution in [1.82, 2.24) is 5.32 Å². The zero-order valence-electron chi connectivity index (χ0n) is 10.4. The van der Waals surface area contributed by atoms with E-state index in [9.17, 15) is 0 Å². The summed E-state index contributed by atoms with van der Waals surface area (Å²) >= 11 is 5.10. The predicted molar refractivity (Wildman–Crippen MR) is 76.7 cm³/mol. The van der Waals surface area contributed by atoms with Crippen LogP contribution in [0.5, 0.6) is 0 Å². The Labute approximate surface area is 108 Å². The largest absolute Gasteiger partial charge is 0.392 e.